The SMILES string of the molecule is CNC(C)/C=C/c1ccc(C)c(C)c1. The predicted molar refractivity (Wildman–Crippen MR) is 63.5 cm³/mol. The Morgan fingerprint density at radius 2 is 1.93 bits per heavy atom. The first kappa shape index (κ1) is 11.0. The second-order valence-corrected chi connectivity index (χ2v) is 3.78. The van der Waals surface area contributed by atoms with Gasteiger partial charge in [0.05, 0.1) is 0 Å². The van der Waals surface area contributed by atoms with Gasteiger partial charge in [-0.2, -0.15) is 0 Å². The van der Waals surface area contributed by atoms with E-state index in [4.69, 9.17) is 0 Å². The van der Waals surface area contributed by atoms with Crippen LogP contribution in [0.5, 0.6) is 0 Å². The molecule has 0 fully saturated rings. The number of nitrogens with one attached hydrogen (secondary N) is 1. The fourth-order valence-electron chi connectivity index (χ4n) is 1.22. The molecule has 0 saturated heterocycles. The summed E-state index contributed by atoms with van der Waals surface area (Å²) in [6.07, 6.45) is 4.33. The Kier molecular flexibility index (Phi) is 3.90. The Labute approximate surface area is 86.8 Å². The highest BCUT2D eigenvalue weighted by molar-refractivity contribution is 5.52. The molecule has 0 aliphatic carbocycles. The van der Waals surface area contributed by atoms with E-state index in [2.05, 4.69) is 56.4 Å². The van der Waals surface area contributed by atoms with Crippen LogP contribution in [0.4, 0.5) is 0 Å². The second-order valence-electron chi connectivity index (χ2n) is 3.78. The van der Waals surface area contributed by atoms with Crippen molar-refractivity contribution in [2.45, 2.75) is 26.8 Å². The largest absolute Gasteiger partial charge is 0.314 e. The molecule has 14 heavy (non-hydrogen) atoms. The standard InChI is InChI=1S/C13H19N/c1-10-5-7-13(9-11(10)2)8-6-12(3)14-4/h5-9,12,14H,1-4H3/b8-6+. The molecule has 1 unspecified atom stereocenters. The first-order chi connectivity index (χ1) is 6.63. The van der Waals surface area contributed by atoms with E-state index in [1.54, 1.807) is 0 Å². The van der Waals surface area contributed by atoms with Crippen molar-refractivity contribution < 1.29 is 0 Å². The average molecular weight is 189 g/mol. The molecule has 1 nitrogen and oxygen atoms in total. The summed E-state index contributed by atoms with van der Waals surface area (Å²) in [5.41, 5.74) is 3.98. The highest BCUT2D eigenvalue weighted by Crippen LogP contribution is 2.11. The van der Waals surface area contributed by atoms with Crippen molar-refractivity contribution in [1.82, 2.24) is 5.32 Å². The molecular formula is C13H19N. The van der Waals surface area contributed by atoms with Crippen LogP contribution in [0.2, 0.25) is 0 Å². The molecule has 76 valence electrons. The number of rotatable bonds is 3. The third-order valence-electron chi connectivity index (χ3n) is 2.56. The predicted octanol–water partition coefficient (Wildman–Crippen LogP) is 2.92. The number of benzene rings is 1. The lowest BCUT2D eigenvalue weighted by atomic mass is 10.1. The minimum absolute atomic E-state index is 0.427. The summed E-state index contributed by atoms with van der Waals surface area (Å²) in [6, 6.07) is 6.96. The maximum atomic E-state index is 3.17. The van der Waals surface area contributed by atoms with Crippen molar-refractivity contribution in [3.05, 3.63) is 41.0 Å². The van der Waals surface area contributed by atoms with Gasteiger partial charge in [-0.1, -0.05) is 30.4 Å². The molecule has 1 N–H and O–H groups in total. The maximum Gasteiger partial charge on any atom is 0.0221 e. The molecule has 0 heterocycles. The first-order valence-electron chi connectivity index (χ1n) is 5.06. The highest BCUT2D eigenvalue weighted by atomic mass is 14.8. The molecule has 0 amide bonds. The van der Waals surface area contributed by atoms with E-state index in [0.29, 0.717) is 6.04 Å². The molecule has 1 aromatic carbocycles. The van der Waals surface area contributed by atoms with Crippen molar-refractivity contribution >= 4 is 6.08 Å². The summed E-state index contributed by atoms with van der Waals surface area (Å²) in [7, 11) is 1.97. The van der Waals surface area contributed by atoms with Crippen molar-refractivity contribution in [2.24, 2.45) is 0 Å². The number of aryl methyl sites for hydroxylation is 2. The van der Waals surface area contributed by atoms with E-state index in [9.17, 15) is 0 Å². The minimum Gasteiger partial charge on any atom is -0.314 e. The molecule has 0 aromatic heterocycles. The quantitative estimate of drug-likeness (QED) is 0.771. The Balaban J connectivity index is 2.77. The van der Waals surface area contributed by atoms with E-state index in [1.807, 2.05) is 7.05 Å². The van der Waals surface area contributed by atoms with Gasteiger partial charge in [0.1, 0.15) is 0 Å². The van der Waals surface area contributed by atoms with Gasteiger partial charge in [-0.15, -0.1) is 0 Å². The topological polar surface area (TPSA) is 12.0 Å². The van der Waals surface area contributed by atoms with E-state index in [-0.39, 0.29) is 0 Å². The summed E-state index contributed by atoms with van der Waals surface area (Å²) < 4.78 is 0. The van der Waals surface area contributed by atoms with E-state index in [0.717, 1.165) is 0 Å². The minimum atomic E-state index is 0.427. The van der Waals surface area contributed by atoms with Gasteiger partial charge in [-0.05, 0) is 44.5 Å². The zero-order chi connectivity index (χ0) is 10.6. The third-order valence-corrected chi connectivity index (χ3v) is 2.56. The van der Waals surface area contributed by atoms with Crippen LogP contribution in [0.15, 0.2) is 24.3 Å². The molecule has 0 bridgehead atoms. The molecule has 1 heteroatoms. The summed E-state index contributed by atoms with van der Waals surface area (Å²) in [4.78, 5) is 0. The number of hydrogen-bond donors (Lipinski definition) is 1. The van der Waals surface area contributed by atoms with Gasteiger partial charge in [0.15, 0.2) is 0 Å². The Hall–Kier alpha value is -1.08. The molecule has 0 saturated carbocycles. The average Bonchev–Trinajstić information content (AvgIpc) is 2.19. The summed E-state index contributed by atoms with van der Waals surface area (Å²) in [5, 5.41) is 3.17. The van der Waals surface area contributed by atoms with Crippen LogP contribution < -0.4 is 5.32 Å². The number of hydrogen-bond acceptors (Lipinski definition) is 1. The second kappa shape index (κ2) is 4.97. The molecule has 0 spiro atoms. The summed E-state index contributed by atoms with van der Waals surface area (Å²) >= 11 is 0. The van der Waals surface area contributed by atoms with Gasteiger partial charge in [0, 0.05) is 6.04 Å². The fraction of sp³-hybridized carbons (Fsp3) is 0.385. The molecular weight excluding hydrogens is 170 g/mol. The van der Waals surface area contributed by atoms with Crippen LogP contribution in [-0.4, -0.2) is 13.1 Å². The molecule has 1 atom stereocenters. The van der Waals surface area contributed by atoms with Gasteiger partial charge in [0.2, 0.25) is 0 Å². The van der Waals surface area contributed by atoms with Gasteiger partial charge in [-0.25, -0.2) is 0 Å². The monoisotopic (exact) mass is 189 g/mol. The first-order valence-corrected chi connectivity index (χ1v) is 5.06. The van der Waals surface area contributed by atoms with Crippen molar-refractivity contribution in [2.75, 3.05) is 7.05 Å². The zero-order valence-electron chi connectivity index (χ0n) is 9.46. The van der Waals surface area contributed by atoms with E-state index < -0.39 is 0 Å². The smallest absolute Gasteiger partial charge is 0.0221 e. The third kappa shape index (κ3) is 3.00. The Morgan fingerprint density at radius 1 is 1.21 bits per heavy atom. The molecule has 0 aliphatic rings. The number of likely N-dealkylation sites (N-methyl/N-ethyl adjacent to an activating group) is 1. The lowest BCUT2D eigenvalue weighted by Gasteiger charge is -2.04. The van der Waals surface area contributed by atoms with Crippen LogP contribution in [0.3, 0.4) is 0 Å². The lowest BCUT2D eigenvalue weighted by Crippen LogP contribution is -2.17. The van der Waals surface area contributed by atoms with Crippen LogP contribution in [0.25, 0.3) is 6.08 Å². The lowest BCUT2D eigenvalue weighted by molar-refractivity contribution is 0.731. The molecule has 0 radical (unpaired) electrons. The van der Waals surface area contributed by atoms with Gasteiger partial charge < -0.3 is 5.32 Å². The van der Waals surface area contributed by atoms with Crippen molar-refractivity contribution in [3.8, 4) is 0 Å². The maximum absolute atomic E-state index is 3.17. The van der Waals surface area contributed by atoms with E-state index in [1.165, 1.54) is 16.7 Å². The molecule has 1 rings (SSSR count). The van der Waals surface area contributed by atoms with E-state index >= 15 is 0 Å². The highest BCUT2D eigenvalue weighted by Gasteiger charge is 1.94. The van der Waals surface area contributed by atoms with Crippen LogP contribution >= 0.6 is 0 Å². The van der Waals surface area contributed by atoms with Crippen molar-refractivity contribution in [3.63, 3.8) is 0 Å². The summed E-state index contributed by atoms with van der Waals surface area (Å²) in [5.74, 6) is 0. The molecule has 0 aliphatic heterocycles. The van der Waals surface area contributed by atoms with Crippen LogP contribution in [0.1, 0.15) is 23.6 Å². The van der Waals surface area contributed by atoms with Crippen LogP contribution in [-0.2, 0) is 0 Å². The normalized spacial score (nSPS) is 13.4. The van der Waals surface area contributed by atoms with Gasteiger partial charge >= 0.3 is 0 Å². The molecule has 1 aromatic rings. The Morgan fingerprint density at radius 3 is 2.50 bits per heavy atom. The van der Waals surface area contributed by atoms with Crippen molar-refractivity contribution in [1.29, 1.82) is 0 Å². The summed E-state index contributed by atoms with van der Waals surface area (Å²) in [6.45, 7) is 6.42. The fourth-order valence-corrected chi connectivity index (χ4v) is 1.22. The van der Waals surface area contributed by atoms with Crippen LogP contribution in [0, 0.1) is 13.8 Å². The zero-order valence-corrected chi connectivity index (χ0v) is 9.46. The Bertz CT molecular complexity index is 326. The van der Waals surface area contributed by atoms with Gasteiger partial charge in [0.25, 0.3) is 0 Å². The van der Waals surface area contributed by atoms with Gasteiger partial charge in [-0.3, -0.25) is 0 Å².